The van der Waals surface area contributed by atoms with Gasteiger partial charge in [0.1, 0.15) is 23.8 Å². The molecule has 9 nitrogen and oxygen atoms in total. The Bertz CT molecular complexity index is 1630. The van der Waals surface area contributed by atoms with Crippen LogP contribution in [0.2, 0.25) is 0 Å². The minimum absolute atomic E-state index is 0.0693. The molecule has 2 amide bonds. The van der Waals surface area contributed by atoms with Crippen molar-refractivity contribution < 1.29 is 9.59 Å². The molecular weight excluding hydrogens is 598 g/mol. The fourth-order valence-electron chi connectivity index (χ4n) is 8.10. The molecule has 2 saturated carbocycles. The zero-order valence-corrected chi connectivity index (χ0v) is 28.8. The number of rotatable bonds is 8. The van der Waals surface area contributed by atoms with Gasteiger partial charge < -0.3 is 24.9 Å². The van der Waals surface area contributed by atoms with Gasteiger partial charge in [0.25, 0.3) is 5.91 Å². The summed E-state index contributed by atoms with van der Waals surface area (Å²) in [4.78, 5) is 46.4. The number of hydrogen-bond acceptors (Lipinski definition) is 7. The Hall–Kier alpha value is -4.24. The average Bonchev–Trinajstić information content (AvgIpc) is 3.55. The molecule has 252 valence electrons. The number of benzene rings is 1. The lowest BCUT2D eigenvalue weighted by Gasteiger charge is -2.38. The summed E-state index contributed by atoms with van der Waals surface area (Å²) in [7, 11) is 6.18. The number of fused-ring (bicyclic) bond motifs is 2. The lowest BCUT2D eigenvalue weighted by atomic mass is 9.92. The van der Waals surface area contributed by atoms with E-state index in [1.807, 2.05) is 56.7 Å². The van der Waals surface area contributed by atoms with Gasteiger partial charge in [0.05, 0.1) is 6.04 Å². The van der Waals surface area contributed by atoms with Gasteiger partial charge >= 0.3 is 0 Å². The monoisotopic (exact) mass is 647 g/mol. The van der Waals surface area contributed by atoms with E-state index in [1.165, 1.54) is 24.8 Å². The smallest absolute Gasteiger partial charge is 0.255 e. The zero-order chi connectivity index (χ0) is 33.4. The van der Waals surface area contributed by atoms with Crippen molar-refractivity contribution in [1.82, 2.24) is 24.9 Å². The van der Waals surface area contributed by atoms with Gasteiger partial charge in [0.15, 0.2) is 0 Å². The summed E-state index contributed by atoms with van der Waals surface area (Å²) >= 11 is 0. The number of nitrogens with one attached hydrogen (secondary N) is 1. The molecule has 6 aliphatic rings. The SMILES string of the molecule is CC1=C(NC(=O)c2ccc(C3N=C([C@@H]4[C@H]5CCCC5CN4C(=O)/C=C/CN(C)C)N4C=CN=C(N(C)C5CC5)C34)cc2)C=CC=CCC1. The van der Waals surface area contributed by atoms with Crippen LogP contribution in [0.5, 0.6) is 0 Å². The van der Waals surface area contributed by atoms with Gasteiger partial charge in [-0.2, -0.15) is 0 Å². The van der Waals surface area contributed by atoms with Crippen LogP contribution >= 0.6 is 0 Å². The molecule has 3 unspecified atom stereocenters. The van der Waals surface area contributed by atoms with Crippen LogP contribution in [0.3, 0.4) is 0 Å². The molecule has 0 radical (unpaired) electrons. The first kappa shape index (κ1) is 32.3. The summed E-state index contributed by atoms with van der Waals surface area (Å²) in [5, 5.41) is 3.13. The number of allylic oxidation sites excluding steroid dienone is 5. The van der Waals surface area contributed by atoms with Crippen molar-refractivity contribution in [2.24, 2.45) is 21.8 Å². The second-order valence-corrected chi connectivity index (χ2v) is 14.5. The van der Waals surface area contributed by atoms with Gasteiger partial charge in [0.2, 0.25) is 5.91 Å². The number of amides is 2. The van der Waals surface area contributed by atoms with E-state index in [9.17, 15) is 9.59 Å². The van der Waals surface area contributed by atoms with E-state index in [2.05, 4.69) is 63.3 Å². The molecule has 1 aromatic carbocycles. The lowest BCUT2D eigenvalue weighted by molar-refractivity contribution is -0.126. The normalized spacial score (nSPS) is 28.1. The van der Waals surface area contributed by atoms with E-state index in [-0.39, 0.29) is 29.9 Å². The molecule has 0 aromatic heterocycles. The van der Waals surface area contributed by atoms with E-state index in [0.29, 0.717) is 23.4 Å². The molecule has 0 spiro atoms. The van der Waals surface area contributed by atoms with Crippen LogP contribution in [0.15, 0.2) is 94.4 Å². The minimum Gasteiger partial charge on any atom is -0.358 e. The van der Waals surface area contributed by atoms with E-state index in [1.54, 1.807) is 6.08 Å². The quantitative estimate of drug-likeness (QED) is 0.380. The Morgan fingerprint density at radius 1 is 1.04 bits per heavy atom. The summed E-state index contributed by atoms with van der Waals surface area (Å²) in [5.41, 5.74) is 3.69. The molecule has 7 rings (SSSR count). The lowest BCUT2D eigenvalue weighted by Crippen LogP contribution is -2.53. The summed E-state index contributed by atoms with van der Waals surface area (Å²) in [6.07, 6.45) is 23.5. The molecule has 48 heavy (non-hydrogen) atoms. The average molecular weight is 648 g/mol. The largest absolute Gasteiger partial charge is 0.358 e. The third-order valence-corrected chi connectivity index (χ3v) is 10.9. The van der Waals surface area contributed by atoms with Crippen molar-refractivity contribution in [3.05, 3.63) is 95.5 Å². The van der Waals surface area contributed by atoms with Crippen molar-refractivity contribution in [3.63, 3.8) is 0 Å². The fraction of sp³-hybridized carbons (Fsp3) is 0.487. The Morgan fingerprint density at radius 2 is 1.85 bits per heavy atom. The van der Waals surface area contributed by atoms with E-state index < -0.39 is 0 Å². The fourth-order valence-corrected chi connectivity index (χ4v) is 8.10. The van der Waals surface area contributed by atoms with E-state index in [4.69, 9.17) is 9.98 Å². The highest BCUT2D eigenvalue weighted by atomic mass is 16.2. The van der Waals surface area contributed by atoms with Gasteiger partial charge in [-0.15, -0.1) is 0 Å². The van der Waals surface area contributed by atoms with Crippen LogP contribution in [0.1, 0.15) is 73.8 Å². The number of likely N-dealkylation sites (tertiary alicyclic amines) is 1. The van der Waals surface area contributed by atoms with Crippen molar-refractivity contribution in [2.75, 3.05) is 34.2 Å². The third-order valence-electron chi connectivity index (χ3n) is 10.9. The highest BCUT2D eigenvalue weighted by Crippen LogP contribution is 2.46. The number of amidine groups is 2. The highest BCUT2D eigenvalue weighted by molar-refractivity contribution is 6.03. The van der Waals surface area contributed by atoms with Crippen LogP contribution in [-0.4, -0.2) is 95.4 Å². The van der Waals surface area contributed by atoms with Gasteiger partial charge in [0, 0.05) is 55.9 Å². The van der Waals surface area contributed by atoms with Crippen molar-refractivity contribution >= 4 is 23.5 Å². The number of aliphatic imine (C=N–C) groups is 2. The van der Waals surface area contributed by atoms with E-state index >= 15 is 0 Å². The first-order valence-corrected chi connectivity index (χ1v) is 17.7. The molecule has 1 saturated heterocycles. The van der Waals surface area contributed by atoms with Gasteiger partial charge in [-0.1, -0.05) is 42.9 Å². The molecule has 3 aliphatic heterocycles. The molecule has 3 heterocycles. The second-order valence-electron chi connectivity index (χ2n) is 14.5. The van der Waals surface area contributed by atoms with Crippen LogP contribution in [-0.2, 0) is 4.79 Å². The molecule has 5 atom stereocenters. The first-order chi connectivity index (χ1) is 23.3. The third kappa shape index (κ3) is 6.44. The second kappa shape index (κ2) is 13.7. The van der Waals surface area contributed by atoms with Crippen LogP contribution in [0.25, 0.3) is 0 Å². The number of hydrogen-bond donors (Lipinski definition) is 1. The number of carbonyl (C=O) groups excluding carboxylic acids is 2. The van der Waals surface area contributed by atoms with Crippen LogP contribution in [0.4, 0.5) is 0 Å². The molecule has 0 bridgehead atoms. The molecule has 9 heteroatoms. The number of carbonyl (C=O) groups is 2. The maximum Gasteiger partial charge on any atom is 0.255 e. The summed E-state index contributed by atoms with van der Waals surface area (Å²) in [6, 6.07) is 8.02. The Kier molecular flexibility index (Phi) is 9.23. The van der Waals surface area contributed by atoms with Gasteiger partial charge in [-0.05, 0) is 101 Å². The van der Waals surface area contributed by atoms with Crippen molar-refractivity contribution in [2.45, 2.75) is 76.0 Å². The molecule has 3 aliphatic carbocycles. The predicted molar refractivity (Wildman–Crippen MR) is 191 cm³/mol. The minimum atomic E-state index is -0.214. The summed E-state index contributed by atoms with van der Waals surface area (Å²) in [6.45, 7) is 3.58. The van der Waals surface area contributed by atoms with Gasteiger partial charge in [-0.3, -0.25) is 14.6 Å². The number of likely N-dealkylation sites (N-methyl/N-ethyl adjacent to an activating group) is 2. The molecule has 3 fully saturated rings. The first-order valence-electron chi connectivity index (χ1n) is 17.7. The molecule has 1 aromatic rings. The highest BCUT2D eigenvalue weighted by Gasteiger charge is 2.53. The standard InChI is InChI=1S/C39H49N7O2/c1-26-11-7-5-6-8-14-32(26)41-39(48)28-18-16-27(17-19-28)34-36-37(44(4)30-20-21-30)40-22-24-45(36)38(42-34)35-31-13-9-12-29(31)25-46(35)33(47)15-10-23-43(2)3/h5-6,8,10,14-19,22,24,29-31,34-36H,7,9,11-13,20-21,23,25H2,1-4H3,(H,41,48)/b6-5?,14-8?,15-10+,32-26?/t29?,31-,34?,35-,36?/m0/s1. The summed E-state index contributed by atoms with van der Waals surface area (Å²) in [5.74, 6) is 2.83. The Labute approximate surface area is 285 Å². The summed E-state index contributed by atoms with van der Waals surface area (Å²) < 4.78 is 0. The van der Waals surface area contributed by atoms with Crippen LogP contribution in [0, 0.1) is 11.8 Å². The van der Waals surface area contributed by atoms with Crippen molar-refractivity contribution in [1.29, 1.82) is 0 Å². The molecule has 1 N–H and O–H groups in total. The maximum absolute atomic E-state index is 13.8. The van der Waals surface area contributed by atoms with Crippen LogP contribution < -0.4 is 5.32 Å². The number of nitrogens with zero attached hydrogens (tertiary/aromatic N) is 6. The van der Waals surface area contributed by atoms with Crippen molar-refractivity contribution in [3.8, 4) is 0 Å². The molecular formula is C39H49N7O2. The maximum atomic E-state index is 13.8. The van der Waals surface area contributed by atoms with E-state index in [0.717, 1.165) is 61.7 Å². The zero-order valence-electron chi connectivity index (χ0n) is 28.8. The Morgan fingerprint density at radius 3 is 2.62 bits per heavy atom. The Balaban J connectivity index is 1.20. The van der Waals surface area contributed by atoms with Gasteiger partial charge in [-0.25, -0.2) is 4.99 Å². The predicted octanol–water partition coefficient (Wildman–Crippen LogP) is 5.44. The topological polar surface area (TPSA) is 83.8 Å².